The number of carbonyl (C=O) groups is 1. The molecule has 3 heteroatoms. The first-order valence-corrected chi connectivity index (χ1v) is 7.81. The van der Waals surface area contributed by atoms with Gasteiger partial charge in [0.15, 0.2) is 0 Å². The van der Waals surface area contributed by atoms with Gasteiger partial charge in [-0.1, -0.05) is 42.8 Å². The molecule has 0 unspecified atom stereocenters. The third-order valence-electron chi connectivity index (χ3n) is 4.02. The number of hydrogen-bond donors (Lipinski definition) is 1. The van der Waals surface area contributed by atoms with Gasteiger partial charge in [0.2, 0.25) is 5.91 Å². The van der Waals surface area contributed by atoms with Crippen LogP contribution in [0.2, 0.25) is 0 Å². The first kappa shape index (κ1) is 14.6. The maximum absolute atomic E-state index is 12.3. The third kappa shape index (κ3) is 2.84. The predicted octanol–water partition coefficient (Wildman–Crippen LogP) is 4.06. The van der Waals surface area contributed by atoms with Crippen molar-refractivity contribution >= 4 is 11.6 Å². The molecule has 1 amide bonds. The van der Waals surface area contributed by atoms with Gasteiger partial charge in [0.25, 0.3) is 0 Å². The summed E-state index contributed by atoms with van der Waals surface area (Å²) in [6.45, 7) is 4.84. The Labute approximate surface area is 131 Å². The van der Waals surface area contributed by atoms with Crippen LogP contribution in [0.15, 0.2) is 42.5 Å². The average molecular weight is 295 g/mol. The van der Waals surface area contributed by atoms with E-state index in [9.17, 15) is 4.79 Å². The second-order valence-electron chi connectivity index (χ2n) is 5.79. The summed E-state index contributed by atoms with van der Waals surface area (Å²) in [7, 11) is 0. The number of amides is 1. The van der Waals surface area contributed by atoms with Gasteiger partial charge in [-0.15, -0.1) is 0 Å². The summed E-state index contributed by atoms with van der Waals surface area (Å²) >= 11 is 0. The Morgan fingerprint density at radius 2 is 2.00 bits per heavy atom. The van der Waals surface area contributed by atoms with Crippen molar-refractivity contribution < 1.29 is 9.53 Å². The number of hydrogen-bond acceptors (Lipinski definition) is 2. The van der Waals surface area contributed by atoms with E-state index in [2.05, 4.69) is 25.2 Å². The number of fused-ring (bicyclic) bond motifs is 1. The van der Waals surface area contributed by atoms with Crippen molar-refractivity contribution in [2.45, 2.75) is 32.6 Å². The van der Waals surface area contributed by atoms with Crippen LogP contribution in [0, 0.1) is 6.92 Å². The summed E-state index contributed by atoms with van der Waals surface area (Å²) in [5.74, 6) is 0.824. The minimum absolute atomic E-state index is 0.0749. The summed E-state index contributed by atoms with van der Waals surface area (Å²) in [5.41, 5.74) is 4.30. The van der Waals surface area contributed by atoms with Crippen molar-refractivity contribution in [3.05, 3.63) is 59.2 Å². The summed E-state index contributed by atoms with van der Waals surface area (Å²) < 4.78 is 5.81. The molecule has 0 spiro atoms. The van der Waals surface area contributed by atoms with Crippen molar-refractivity contribution in [1.82, 2.24) is 0 Å². The molecule has 0 radical (unpaired) electrons. The van der Waals surface area contributed by atoms with Crippen LogP contribution in [0.4, 0.5) is 5.69 Å². The van der Waals surface area contributed by atoms with Crippen LogP contribution >= 0.6 is 0 Å². The van der Waals surface area contributed by atoms with Crippen LogP contribution in [-0.2, 0) is 11.2 Å². The molecule has 1 aliphatic heterocycles. The largest absolute Gasteiger partial charge is 0.493 e. The zero-order chi connectivity index (χ0) is 15.5. The highest BCUT2D eigenvalue weighted by atomic mass is 16.5. The SMILES string of the molecule is CCCOc1ccccc1C[C@H]1C(=O)Nc2ccc(C)cc21. The highest BCUT2D eigenvalue weighted by Crippen LogP contribution is 2.36. The van der Waals surface area contributed by atoms with Crippen LogP contribution in [-0.4, -0.2) is 12.5 Å². The van der Waals surface area contributed by atoms with E-state index in [0.717, 1.165) is 29.0 Å². The van der Waals surface area contributed by atoms with Gasteiger partial charge in [-0.05, 0) is 43.0 Å². The van der Waals surface area contributed by atoms with Crippen LogP contribution in [0.5, 0.6) is 5.75 Å². The molecule has 2 aromatic carbocycles. The third-order valence-corrected chi connectivity index (χ3v) is 4.02. The maximum atomic E-state index is 12.3. The molecule has 22 heavy (non-hydrogen) atoms. The van der Waals surface area contributed by atoms with Crippen LogP contribution < -0.4 is 10.1 Å². The van der Waals surface area contributed by atoms with Crippen LogP contribution in [0.1, 0.15) is 36.0 Å². The van der Waals surface area contributed by atoms with E-state index in [0.29, 0.717) is 13.0 Å². The van der Waals surface area contributed by atoms with Crippen molar-refractivity contribution in [2.75, 3.05) is 11.9 Å². The fourth-order valence-corrected chi connectivity index (χ4v) is 2.89. The number of nitrogens with one attached hydrogen (secondary N) is 1. The summed E-state index contributed by atoms with van der Waals surface area (Å²) in [4.78, 5) is 12.3. The van der Waals surface area contributed by atoms with Crippen LogP contribution in [0.25, 0.3) is 0 Å². The van der Waals surface area contributed by atoms with Gasteiger partial charge in [-0.25, -0.2) is 0 Å². The van der Waals surface area contributed by atoms with Crippen molar-refractivity contribution in [3.8, 4) is 5.75 Å². The van der Waals surface area contributed by atoms with Gasteiger partial charge in [-0.2, -0.15) is 0 Å². The Hall–Kier alpha value is -2.29. The molecule has 0 aliphatic carbocycles. The second kappa shape index (κ2) is 6.22. The van der Waals surface area contributed by atoms with Gasteiger partial charge in [0.1, 0.15) is 5.75 Å². The van der Waals surface area contributed by atoms with Crippen molar-refractivity contribution in [2.24, 2.45) is 0 Å². The van der Waals surface area contributed by atoms with Gasteiger partial charge in [0.05, 0.1) is 12.5 Å². The quantitative estimate of drug-likeness (QED) is 0.903. The Bertz CT molecular complexity index is 694. The zero-order valence-corrected chi connectivity index (χ0v) is 13.1. The van der Waals surface area contributed by atoms with E-state index in [1.54, 1.807) is 0 Å². The average Bonchev–Trinajstić information content (AvgIpc) is 2.82. The monoisotopic (exact) mass is 295 g/mol. The zero-order valence-electron chi connectivity index (χ0n) is 13.1. The molecule has 0 aromatic heterocycles. The van der Waals surface area contributed by atoms with Gasteiger partial charge in [-0.3, -0.25) is 4.79 Å². The molecule has 0 saturated carbocycles. The Morgan fingerprint density at radius 3 is 2.82 bits per heavy atom. The molecular formula is C19H21NO2. The smallest absolute Gasteiger partial charge is 0.232 e. The van der Waals surface area contributed by atoms with E-state index < -0.39 is 0 Å². The van der Waals surface area contributed by atoms with Gasteiger partial charge >= 0.3 is 0 Å². The topological polar surface area (TPSA) is 38.3 Å². The van der Waals surface area contributed by atoms with E-state index in [-0.39, 0.29) is 11.8 Å². The number of rotatable bonds is 5. The maximum Gasteiger partial charge on any atom is 0.232 e. The van der Waals surface area contributed by atoms with Crippen molar-refractivity contribution in [3.63, 3.8) is 0 Å². The lowest BCUT2D eigenvalue weighted by Gasteiger charge is -2.14. The molecule has 0 saturated heterocycles. The molecule has 3 rings (SSSR count). The molecule has 114 valence electrons. The Morgan fingerprint density at radius 1 is 1.18 bits per heavy atom. The molecule has 1 atom stereocenters. The fourth-order valence-electron chi connectivity index (χ4n) is 2.89. The van der Waals surface area contributed by atoms with Crippen molar-refractivity contribution in [1.29, 1.82) is 0 Å². The molecule has 2 aromatic rings. The summed E-state index contributed by atoms with van der Waals surface area (Å²) in [5, 5.41) is 2.98. The summed E-state index contributed by atoms with van der Waals surface area (Å²) in [6, 6.07) is 14.1. The molecule has 3 nitrogen and oxygen atoms in total. The highest BCUT2D eigenvalue weighted by Gasteiger charge is 2.31. The van der Waals surface area contributed by atoms with E-state index in [4.69, 9.17) is 4.74 Å². The Kier molecular flexibility index (Phi) is 4.14. The fraction of sp³-hybridized carbons (Fsp3) is 0.316. The Balaban J connectivity index is 1.88. The molecule has 0 bridgehead atoms. The predicted molar refractivity (Wildman–Crippen MR) is 88.5 cm³/mol. The first-order chi connectivity index (χ1) is 10.7. The standard InChI is InChI=1S/C19H21NO2/c1-3-10-22-18-7-5-4-6-14(18)12-16-15-11-13(2)8-9-17(15)20-19(16)21/h4-9,11,16H,3,10,12H2,1-2H3,(H,20,21)/t16-/m1/s1. The number of benzene rings is 2. The van der Waals surface area contributed by atoms with Gasteiger partial charge in [0, 0.05) is 5.69 Å². The minimum atomic E-state index is -0.138. The molecular weight excluding hydrogens is 274 g/mol. The van der Waals surface area contributed by atoms with E-state index in [1.807, 2.05) is 36.4 Å². The highest BCUT2D eigenvalue weighted by molar-refractivity contribution is 6.03. The minimum Gasteiger partial charge on any atom is -0.493 e. The molecule has 1 N–H and O–H groups in total. The van der Waals surface area contributed by atoms with Crippen LogP contribution in [0.3, 0.4) is 0 Å². The number of anilines is 1. The lowest BCUT2D eigenvalue weighted by atomic mass is 9.92. The summed E-state index contributed by atoms with van der Waals surface area (Å²) in [6.07, 6.45) is 1.64. The second-order valence-corrected chi connectivity index (χ2v) is 5.79. The molecule has 0 fully saturated rings. The normalized spacial score (nSPS) is 16.3. The number of carbonyl (C=O) groups excluding carboxylic acids is 1. The molecule has 1 aliphatic rings. The first-order valence-electron chi connectivity index (χ1n) is 7.81. The lowest BCUT2D eigenvalue weighted by molar-refractivity contribution is -0.117. The lowest BCUT2D eigenvalue weighted by Crippen LogP contribution is -2.15. The van der Waals surface area contributed by atoms with E-state index in [1.165, 1.54) is 5.56 Å². The number of ether oxygens (including phenoxy) is 1. The molecule has 1 heterocycles. The van der Waals surface area contributed by atoms with Gasteiger partial charge < -0.3 is 10.1 Å². The number of aryl methyl sites for hydroxylation is 1. The number of para-hydroxylation sites is 1. The van der Waals surface area contributed by atoms with E-state index >= 15 is 0 Å².